The molecule has 0 unspecified atom stereocenters. The molecule has 728 valence electrons. The van der Waals surface area contributed by atoms with Crippen molar-refractivity contribution in [1.29, 1.82) is 0 Å². The number of thiophene rings is 2. The van der Waals surface area contributed by atoms with Gasteiger partial charge >= 0.3 is 105 Å². The number of para-hydroxylation sites is 2. The molecule has 0 atom stereocenters. The second kappa shape index (κ2) is 50.3. The minimum absolute atomic E-state index is 0. The molecule has 10 aromatic carbocycles. The van der Waals surface area contributed by atoms with Crippen molar-refractivity contribution in [1.82, 2.24) is 68.9 Å². The molecule has 0 bridgehead atoms. The van der Waals surface area contributed by atoms with Gasteiger partial charge in [0.15, 0.2) is 0 Å². The third-order valence-corrected chi connectivity index (χ3v) is 26.7. The molecule has 21 heteroatoms. The Hall–Kier alpha value is -14.8. The van der Waals surface area contributed by atoms with Gasteiger partial charge in [-0.15, -0.1) is 250 Å². The molecule has 0 aliphatic carbocycles. The number of fused-ring (bicyclic) bond motifs is 9. The number of hydrogen-bond donors (Lipinski definition) is 0. The van der Waals surface area contributed by atoms with Crippen molar-refractivity contribution in [3.8, 4) is 111 Å². The van der Waals surface area contributed by atoms with Crippen molar-refractivity contribution in [2.24, 2.45) is 14.1 Å². The first-order chi connectivity index (χ1) is 71.1. The van der Waals surface area contributed by atoms with Crippen molar-refractivity contribution in [2.45, 2.75) is 25.7 Å². The third kappa shape index (κ3) is 25.3. The maximum Gasteiger partial charge on any atom is 2.00 e. The zero-order chi connectivity index (χ0) is 96.7. The third-order valence-electron chi connectivity index (χ3n) is 24.5. The Morgan fingerprint density at radius 1 is 0.221 bits per heavy atom. The fraction of sp³-hybridized carbons (Fsp3) is 0.0469. The van der Waals surface area contributed by atoms with E-state index in [0.717, 1.165) is 222 Å². The fourth-order valence-electron chi connectivity index (χ4n) is 17.5. The molecule has 0 N–H and O–H groups in total. The maximum absolute atomic E-state index is 5.05. The number of hydrogen-bond acceptors (Lipinski definition) is 14. The van der Waals surface area contributed by atoms with Crippen molar-refractivity contribution >= 4 is 97.2 Å². The molecule has 0 saturated heterocycles. The Labute approximate surface area is 944 Å². The van der Waals surface area contributed by atoms with E-state index in [2.05, 4.69) is 276 Å². The molecule has 0 aliphatic heterocycles. The molecule has 14 nitrogen and oxygen atoms in total. The summed E-state index contributed by atoms with van der Waals surface area (Å²) in [5.74, 6) is 0. The molecule has 26 aromatic rings. The van der Waals surface area contributed by atoms with Gasteiger partial charge in [0.1, 0.15) is 0 Å². The van der Waals surface area contributed by atoms with Crippen LogP contribution in [0.15, 0.2) is 425 Å². The molecular formula is C128H84N14Pt5S2. The van der Waals surface area contributed by atoms with Gasteiger partial charge in [-0.3, -0.25) is 39.9 Å². The molecule has 149 heavy (non-hydrogen) atoms. The molecule has 16 heterocycles. The van der Waals surface area contributed by atoms with E-state index >= 15 is 0 Å². The second-order valence-corrected chi connectivity index (χ2v) is 36.3. The number of rotatable bonds is 18. The Morgan fingerprint density at radius 3 is 0.799 bits per heavy atom. The van der Waals surface area contributed by atoms with Gasteiger partial charge in [0, 0.05) is 113 Å². The molecule has 0 fully saturated rings. The molecule has 0 saturated carbocycles. The summed E-state index contributed by atoms with van der Waals surface area (Å²) >= 11 is 3.46. The van der Waals surface area contributed by atoms with Gasteiger partial charge in [-0.25, -0.2) is 22.7 Å². The smallest absolute Gasteiger partial charge is 0.397 e. The average Bonchev–Trinajstić information content (AvgIpc) is 1.67. The molecule has 0 spiro atoms. The van der Waals surface area contributed by atoms with Crippen molar-refractivity contribution in [3.63, 3.8) is 0 Å². The van der Waals surface area contributed by atoms with Crippen LogP contribution in [0.3, 0.4) is 0 Å². The summed E-state index contributed by atoms with van der Waals surface area (Å²) in [6.45, 7) is 0. The van der Waals surface area contributed by atoms with Crippen LogP contribution in [-0.2, 0) is 145 Å². The minimum atomic E-state index is 0. The minimum Gasteiger partial charge on any atom is -0.397 e. The Balaban J connectivity index is 0.000000126. The van der Waals surface area contributed by atoms with E-state index in [1.165, 1.54) is 9.40 Å². The van der Waals surface area contributed by atoms with E-state index in [4.69, 9.17) is 49.8 Å². The topological polar surface area (TPSA) is 165 Å². The van der Waals surface area contributed by atoms with Crippen LogP contribution in [0.1, 0.15) is 45.6 Å². The summed E-state index contributed by atoms with van der Waals surface area (Å²) < 4.78 is 6.77. The van der Waals surface area contributed by atoms with Crippen molar-refractivity contribution in [3.05, 3.63) is 531 Å². The van der Waals surface area contributed by atoms with Gasteiger partial charge in [0.2, 0.25) is 0 Å². The van der Waals surface area contributed by atoms with E-state index < -0.39 is 0 Å². The zero-order valence-electron chi connectivity index (χ0n) is 79.9. The monoisotopic (exact) mass is 2860 g/mol. The number of benzene rings is 10. The number of aryl methyl sites for hydroxylation is 2. The summed E-state index contributed by atoms with van der Waals surface area (Å²) in [5.41, 5.74) is 29.2. The number of nitrogens with zero attached hydrogens (tertiary/aromatic N) is 14. The maximum atomic E-state index is 5.05. The van der Waals surface area contributed by atoms with Crippen LogP contribution in [0.4, 0.5) is 0 Å². The normalized spacial score (nSPS) is 10.7. The molecule has 0 radical (unpaired) electrons. The summed E-state index contributed by atoms with van der Waals surface area (Å²) in [5, 5.41) is 8.91. The first-order valence-corrected chi connectivity index (χ1v) is 48.9. The molecule has 26 rings (SSSR count). The van der Waals surface area contributed by atoms with Crippen molar-refractivity contribution < 1.29 is 105 Å². The first kappa shape index (κ1) is 106. The van der Waals surface area contributed by atoms with E-state index in [0.29, 0.717) is 25.7 Å². The Morgan fingerprint density at radius 2 is 0.490 bits per heavy atom. The first-order valence-electron chi connectivity index (χ1n) is 47.2. The number of pyridine rings is 12. The summed E-state index contributed by atoms with van der Waals surface area (Å²) in [6, 6.07) is 168. The van der Waals surface area contributed by atoms with E-state index in [9.17, 15) is 0 Å². The predicted molar refractivity (Wildman–Crippen MR) is 582 cm³/mol. The summed E-state index contributed by atoms with van der Waals surface area (Å²) in [6.07, 6.45) is 9.51. The molecule has 0 amide bonds. The summed E-state index contributed by atoms with van der Waals surface area (Å²) in [7, 11) is 4.13. The molecular weight excluding hydrogens is 2770 g/mol. The van der Waals surface area contributed by atoms with Gasteiger partial charge in [-0.05, 0) is 165 Å². The van der Waals surface area contributed by atoms with E-state index in [1.54, 1.807) is 47.5 Å². The molecule has 16 aromatic heterocycles. The van der Waals surface area contributed by atoms with Crippen LogP contribution in [0, 0.1) is 60.7 Å². The van der Waals surface area contributed by atoms with Gasteiger partial charge in [-0.2, -0.15) is 23.3 Å². The summed E-state index contributed by atoms with van der Waals surface area (Å²) in [4.78, 5) is 58.9. The van der Waals surface area contributed by atoms with Gasteiger partial charge in [0.05, 0.1) is 11.0 Å². The van der Waals surface area contributed by atoms with Gasteiger partial charge in [-0.1, -0.05) is 194 Å². The SMILES string of the molecule is Cn1c(-c2cccc(Cc3cccc(-c4[c-]c5ccccc5n4C)n3)n2)[c-]c2ccccc21.[Pt+2].[Pt+2].[Pt+2].[Pt+2].[Pt+2].[c-]1c(-c2cccc(Cc3cccc(-c4[c-]c5ccccc5s4)n3)n2)sc2ccccc12.[c-]1ccccc1-c1ccc2ccc3ccc4ccc(-c5[c-]cccc5)nc4c3c2n1.[c-]1ccccc1-c1cccc(Cc2cccc(-c3[c-]cccc3)n2)n1.[c-]1cnccc1-c1cccc(Cc2cccc(-c3[c-]cncc3)n2)n1. The van der Waals surface area contributed by atoms with Gasteiger partial charge in [0.25, 0.3) is 0 Å². The van der Waals surface area contributed by atoms with Crippen LogP contribution in [-0.4, -0.2) is 68.9 Å². The average molecular weight is 2860 g/mol. The predicted octanol–water partition coefficient (Wildman–Crippen LogP) is 29.1. The zero-order valence-corrected chi connectivity index (χ0v) is 92.9. The van der Waals surface area contributed by atoms with Crippen LogP contribution < -0.4 is 0 Å². The van der Waals surface area contributed by atoms with E-state index in [1.807, 2.05) is 218 Å². The van der Waals surface area contributed by atoms with Crippen LogP contribution in [0.2, 0.25) is 0 Å². The Kier molecular flexibility index (Phi) is 35.6. The molecule has 0 aliphatic rings. The van der Waals surface area contributed by atoms with Crippen LogP contribution in [0.5, 0.6) is 0 Å². The standard InChI is InChI=1S/C29H22N4.C28H16N2.C27H16N2S2.C23H16N2.C21H14N4.5Pt/c1-32-26-15-5-3-9-20(26)17-28(32)24-13-7-11-22(30-24)19-23-12-8-14-25(31-23)29-18-21-10-4-6-16-27(21)33(29)2;1-3-7-19(8-4-1)24-17-15-22-13-11-21-12-14-23-16-18-25(20-9-5-2-6-10-20)30-28(23)26(21)27(22)29-24;1-3-13-24-18(7-1)15-26(30-24)22-11-5-9-20(28-22)17-21-10-6-12-23(29-21)27-16-19-8-2-4-14-25(19)31-27;1-3-9-18(10-4-1)22-15-7-13-20(24-22)17-21-14-8-16-23(25-21)19-11-5-2-6-12-19;1-3-18(24-20(5-1)16-7-11-22-12-8-16)15-19-4-2-6-21(25-19)17-9-13-23-14-10-17;;;;;/h3-16H,19H2,1-2H3;1-7,9,11-18H;1-14H,17H2;1-9,11,13-16H,17H2;1-7,9,11-14H,15H2;;;;;/q5*-2;5*+2. The second-order valence-electron chi connectivity index (χ2n) is 34.2. The number of aromatic nitrogens is 14. The van der Waals surface area contributed by atoms with Crippen molar-refractivity contribution in [2.75, 3.05) is 0 Å². The Bertz CT molecular complexity index is 8290. The van der Waals surface area contributed by atoms with Crippen LogP contribution in [0.25, 0.3) is 186 Å². The van der Waals surface area contributed by atoms with Gasteiger partial charge < -0.3 is 29.1 Å². The quantitative estimate of drug-likeness (QED) is 0.0591. The van der Waals surface area contributed by atoms with E-state index in [-0.39, 0.29) is 105 Å². The van der Waals surface area contributed by atoms with Crippen LogP contribution >= 0.6 is 22.7 Å². The fourth-order valence-corrected chi connectivity index (χ4v) is 19.4. The largest absolute Gasteiger partial charge is 2.00 e.